The molecular weight excluding hydrogens is 398 g/mol. The molecule has 0 fully saturated rings. The number of hydrogen-bond acceptors (Lipinski definition) is 7. The van der Waals surface area contributed by atoms with E-state index in [-0.39, 0.29) is 11.6 Å². The summed E-state index contributed by atoms with van der Waals surface area (Å²) in [7, 11) is 0. The molecule has 0 saturated heterocycles. The second-order valence-electron chi connectivity index (χ2n) is 7.47. The summed E-state index contributed by atoms with van der Waals surface area (Å²) in [6.45, 7) is 5.74. The van der Waals surface area contributed by atoms with Gasteiger partial charge in [-0.3, -0.25) is 14.8 Å². The number of hydrogen-bond donors (Lipinski definition) is 0. The summed E-state index contributed by atoms with van der Waals surface area (Å²) in [6.07, 6.45) is 3.36. The minimum Gasteiger partial charge on any atom is -0.262 e. The first-order valence-corrected chi connectivity index (χ1v) is 9.77. The van der Waals surface area contributed by atoms with Crippen molar-refractivity contribution in [3.8, 4) is 5.69 Å². The summed E-state index contributed by atoms with van der Waals surface area (Å²) < 4.78 is 5.04. The Kier molecular flexibility index (Phi) is 4.24. The Hall–Kier alpha value is -4.15. The molecule has 1 unspecified atom stereocenters. The molecule has 0 bridgehead atoms. The predicted octanol–water partition coefficient (Wildman–Crippen LogP) is 2.99. The van der Waals surface area contributed by atoms with E-state index in [1.807, 2.05) is 37.3 Å². The maximum atomic E-state index is 11.3. The average Bonchev–Trinajstić information content (AvgIpc) is 3.43. The van der Waals surface area contributed by atoms with Gasteiger partial charge in [0.05, 0.1) is 28.7 Å². The Bertz CT molecular complexity index is 1430. The lowest BCUT2D eigenvalue weighted by Crippen LogP contribution is -2.11. The topological polar surface area (TPSA) is 122 Å². The van der Waals surface area contributed by atoms with E-state index in [1.165, 1.54) is 0 Å². The Labute approximate surface area is 176 Å². The maximum absolute atomic E-state index is 11.3. The van der Waals surface area contributed by atoms with Gasteiger partial charge in [-0.15, -0.1) is 5.10 Å². The molecule has 0 aliphatic heterocycles. The molecule has 0 amide bonds. The van der Waals surface area contributed by atoms with Crippen molar-refractivity contribution in [3.05, 3.63) is 70.2 Å². The van der Waals surface area contributed by atoms with Gasteiger partial charge in [-0.2, -0.15) is 10.2 Å². The summed E-state index contributed by atoms with van der Waals surface area (Å²) in [5.74, 6) is 0.494. The summed E-state index contributed by atoms with van der Waals surface area (Å²) in [5.41, 5.74) is 3.24. The number of nitro groups is 1. The normalized spacial score (nSPS) is 12.6. The van der Waals surface area contributed by atoms with E-state index >= 15 is 0 Å². The van der Waals surface area contributed by atoms with Crippen molar-refractivity contribution in [1.29, 1.82) is 0 Å². The molecule has 11 nitrogen and oxygen atoms in total. The molecule has 4 heterocycles. The third kappa shape index (κ3) is 3.01. The largest absolute Gasteiger partial charge is 0.312 e. The predicted molar refractivity (Wildman–Crippen MR) is 112 cm³/mol. The van der Waals surface area contributed by atoms with Crippen LogP contribution in [-0.4, -0.2) is 44.1 Å². The van der Waals surface area contributed by atoms with Crippen LogP contribution in [-0.2, 0) is 6.54 Å². The molecule has 4 aromatic heterocycles. The molecule has 31 heavy (non-hydrogen) atoms. The van der Waals surface area contributed by atoms with Gasteiger partial charge in [0.25, 0.3) is 0 Å². The fourth-order valence-electron chi connectivity index (χ4n) is 3.77. The number of para-hydroxylation sites is 1. The van der Waals surface area contributed by atoms with Gasteiger partial charge in [0.15, 0.2) is 17.1 Å². The highest BCUT2D eigenvalue weighted by molar-refractivity contribution is 5.89. The maximum Gasteiger partial charge on any atom is 0.312 e. The lowest BCUT2D eigenvalue weighted by Gasteiger charge is -2.08. The van der Waals surface area contributed by atoms with Gasteiger partial charge in [-0.25, -0.2) is 19.2 Å². The Morgan fingerprint density at radius 2 is 1.90 bits per heavy atom. The molecule has 0 aliphatic carbocycles. The summed E-state index contributed by atoms with van der Waals surface area (Å²) in [5, 5.41) is 25.4. The molecule has 1 aromatic carbocycles. The quantitative estimate of drug-likeness (QED) is 0.318. The second-order valence-corrected chi connectivity index (χ2v) is 7.47. The minimum absolute atomic E-state index is 0.0504. The van der Waals surface area contributed by atoms with E-state index in [1.54, 1.807) is 40.3 Å². The number of nitrogens with zero attached hydrogens (tertiary/aromatic N) is 9. The molecular formula is C20H19N9O2. The molecule has 156 valence electrons. The third-order valence-corrected chi connectivity index (χ3v) is 5.34. The van der Waals surface area contributed by atoms with Crippen LogP contribution in [0.4, 0.5) is 5.69 Å². The van der Waals surface area contributed by atoms with Crippen molar-refractivity contribution in [3.63, 3.8) is 0 Å². The number of aryl methyl sites for hydroxylation is 1. The van der Waals surface area contributed by atoms with Crippen LogP contribution < -0.4 is 0 Å². The van der Waals surface area contributed by atoms with Crippen molar-refractivity contribution in [2.45, 2.75) is 33.2 Å². The lowest BCUT2D eigenvalue weighted by molar-refractivity contribution is -0.386. The van der Waals surface area contributed by atoms with Crippen molar-refractivity contribution >= 4 is 22.4 Å². The number of rotatable bonds is 5. The van der Waals surface area contributed by atoms with Crippen molar-refractivity contribution in [2.24, 2.45) is 0 Å². The molecule has 0 N–H and O–H groups in total. The fraction of sp³-hybridized carbons (Fsp3) is 0.250. The van der Waals surface area contributed by atoms with E-state index in [9.17, 15) is 10.1 Å². The van der Waals surface area contributed by atoms with Gasteiger partial charge in [0, 0.05) is 5.92 Å². The molecule has 5 aromatic rings. The third-order valence-electron chi connectivity index (χ3n) is 5.34. The molecule has 0 aliphatic rings. The highest BCUT2D eigenvalue weighted by Gasteiger charge is 2.24. The first kappa shape index (κ1) is 18.9. The van der Waals surface area contributed by atoms with E-state index in [0.29, 0.717) is 35.1 Å². The zero-order valence-corrected chi connectivity index (χ0v) is 17.2. The summed E-state index contributed by atoms with van der Waals surface area (Å²) >= 11 is 0. The van der Waals surface area contributed by atoms with Crippen LogP contribution in [0.5, 0.6) is 0 Å². The SMILES string of the molecule is Cc1nn(CC(C)c2nc3c4cnn(-c5ccccc5)c4ncn3n2)c(C)c1[N+](=O)[O-]. The standard InChI is InChI=1S/C20H19N9O2/c1-12(10-26-14(3)17(29(30)31)13(2)24-26)18-23-20-16-9-22-28(15-7-5-4-6-8-15)19(16)21-11-27(20)25-18/h4-9,11-12H,10H2,1-3H3. The average molecular weight is 417 g/mol. The number of benzene rings is 1. The van der Waals surface area contributed by atoms with Gasteiger partial charge >= 0.3 is 5.69 Å². The fourth-order valence-corrected chi connectivity index (χ4v) is 3.77. The van der Waals surface area contributed by atoms with Gasteiger partial charge in [0.2, 0.25) is 0 Å². The first-order chi connectivity index (χ1) is 14.9. The van der Waals surface area contributed by atoms with Crippen molar-refractivity contribution in [1.82, 2.24) is 39.1 Å². The Balaban J connectivity index is 1.51. The van der Waals surface area contributed by atoms with Gasteiger partial charge in [-0.1, -0.05) is 25.1 Å². The molecule has 11 heteroatoms. The van der Waals surface area contributed by atoms with Crippen LogP contribution in [0.3, 0.4) is 0 Å². The highest BCUT2D eigenvalue weighted by Crippen LogP contribution is 2.25. The van der Waals surface area contributed by atoms with Crippen LogP contribution in [0.15, 0.2) is 42.9 Å². The smallest absolute Gasteiger partial charge is 0.262 e. The van der Waals surface area contributed by atoms with E-state index in [0.717, 1.165) is 11.1 Å². The van der Waals surface area contributed by atoms with Crippen LogP contribution in [0.2, 0.25) is 0 Å². The monoisotopic (exact) mass is 417 g/mol. The summed E-state index contributed by atoms with van der Waals surface area (Å²) in [4.78, 5) is 20.1. The zero-order chi connectivity index (χ0) is 21.7. The summed E-state index contributed by atoms with van der Waals surface area (Å²) in [6, 6.07) is 9.76. The number of aromatic nitrogens is 8. The molecule has 0 saturated carbocycles. The Morgan fingerprint density at radius 1 is 1.13 bits per heavy atom. The second kappa shape index (κ2) is 6.97. The van der Waals surface area contributed by atoms with E-state index in [4.69, 9.17) is 4.98 Å². The minimum atomic E-state index is -0.394. The molecule has 0 spiro atoms. The van der Waals surface area contributed by atoms with Gasteiger partial charge < -0.3 is 0 Å². The van der Waals surface area contributed by atoms with Crippen molar-refractivity contribution < 1.29 is 4.92 Å². The molecule has 0 radical (unpaired) electrons. The molecule has 5 rings (SSSR count). The Morgan fingerprint density at radius 3 is 2.61 bits per heavy atom. The number of fused-ring (bicyclic) bond motifs is 3. The zero-order valence-electron chi connectivity index (χ0n) is 17.2. The van der Waals surface area contributed by atoms with Crippen LogP contribution in [0, 0.1) is 24.0 Å². The van der Waals surface area contributed by atoms with Crippen molar-refractivity contribution in [2.75, 3.05) is 0 Å². The van der Waals surface area contributed by atoms with E-state index < -0.39 is 4.92 Å². The van der Waals surface area contributed by atoms with Crippen LogP contribution in [0.1, 0.15) is 30.1 Å². The van der Waals surface area contributed by atoms with Crippen LogP contribution in [0.25, 0.3) is 22.4 Å². The first-order valence-electron chi connectivity index (χ1n) is 9.77. The van der Waals surface area contributed by atoms with Crippen LogP contribution >= 0.6 is 0 Å². The molecule has 1 atom stereocenters. The highest BCUT2D eigenvalue weighted by atomic mass is 16.6. The van der Waals surface area contributed by atoms with Gasteiger partial charge in [-0.05, 0) is 26.0 Å². The lowest BCUT2D eigenvalue weighted by atomic mass is 10.1. The van der Waals surface area contributed by atoms with Gasteiger partial charge in [0.1, 0.15) is 17.7 Å². The van der Waals surface area contributed by atoms with E-state index in [2.05, 4.69) is 20.3 Å².